The monoisotopic (exact) mass is 430 g/mol. The van der Waals surface area contributed by atoms with Crippen molar-refractivity contribution in [3.05, 3.63) is 89.1 Å². The summed E-state index contributed by atoms with van der Waals surface area (Å²) in [5, 5.41) is 3.30. The Morgan fingerprint density at radius 2 is 1.94 bits per heavy atom. The predicted molar refractivity (Wildman–Crippen MR) is 126 cm³/mol. The summed E-state index contributed by atoms with van der Waals surface area (Å²) in [6.07, 6.45) is 4.76. The highest BCUT2D eigenvalue weighted by Crippen LogP contribution is 2.35. The fourth-order valence-corrected chi connectivity index (χ4v) is 4.28. The van der Waals surface area contributed by atoms with Crippen molar-refractivity contribution in [1.29, 1.82) is 0 Å². The second-order valence-corrected chi connectivity index (χ2v) is 8.06. The van der Waals surface area contributed by atoms with Crippen LogP contribution in [0.5, 0.6) is 5.75 Å². The normalized spacial score (nSPS) is 14.6. The highest BCUT2D eigenvalue weighted by atomic mass is 16.5. The van der Waals surface area contributed by atoms with Gasteiger partial charge in [-0.1, -0.05) is 36.4 Å². The number of hydrogen-bond acceptors (Lipinski definition) is 5. The van der Waals surface area contributed by atoms with E-state index in [0.717, 1.165) is 37.4 Å². The van der Waals surface area contributed by atoms with Crippen LogP contribution in [0.4, 0.5) is 5.82 Å². The number of hydrogen-bond donors (Lipinski definition) is 1. The van der Waals surface area contributed by atoms with Crippen molar-refractivity contribution in [3.63, 3.8) is 0 Å². The number of ether oxygens (including phenoxy) is 2. The zero-order valence-electron chi connectivity index (χ0n) is 18.5. The molecule has 5 heteroatoms. The molecule has 4 rings (SSSR count). The van der Waals surface area contributed by atoms with Crippen LogP contribution in [0.1, 0.15) is 47.9 Å². The Kier molecular flexibility index (Phi) is 7.38. The van der Waals surface area contributed by atoms with Gasteiger partial charge in [0.1, 0.15) is 11.6 Å². The summed E-state index contributed by atoms with van der Waals surface area (Å²) in [7, 11) is 0. The van der Waals surface area contributed by atoms with Gasteiger partial charge in [0.05, 0.1) is 19.6 Å². The number of aromatic nitrogens is 1. The van der Waals surface area contributed by atoms with E-state index in [9.17, 15) is 4.79 Å². The molecule has 2 aromatic carbocycles. The van der Waals surface area contributed by atoms with Crippen LogP contribution in [0.2, 0.25) is 0 Å². The highest BCUT2D eigenvalue weighted by molar-refractivity contribution is 5.71. The summed E-state index contributed by atoms with van der Waals surface area (Å²) < 4.78 is 11.3. The lowest BCUT2D eigenvalue weighted by Gasteiger charge is -2.17. The Morgan fingerprint density at radius 1 is 1.06 bits per heavy atom. The molecule has 1 aliphatic carbocycles. The third-order valence-electron chi connectivity index (χ3n) is 5.80. The van der Waals surface area contributed by atoms with Gasteiger partial charge in [0.25, 0.3) is 0 Å². The van der Waals surface area contributed by atoms with Crippen LogP contribution in [0.15, 0.2) is 66.9 Å². The lowest BCUT2D eigenvalue weighted by Crippen LogP contribution is -2.13. The SMILES string of the molecule is CCOC(=O)C[C@@H]1Cc2ccc(OCCCNc3ccccn3)cc2Cc2ccccc21. The van der Waals surface area contributed by atoms with Gasteiger partial charge in [-0.05, 0) is 78.6 Å². The molecule has 0 saturated heterocycles. The van der Waals surface area contributed by atoms with Crippen LogP contribution in [-0.2, 0) is 22.4 Å². The first-order valence-corrected chi connectivity index (χ1v) is 11.4. The van der Waals surface area contributed by atoms with E-state index in [-0.39, 0.29) is 11.9 Å². The quantitative estimate of drug-likeness (QED) is 0.376. The predicted octanol–water partition coefficient (Wildman–Crippen LogP) is 5.15. The maximum Gasteiger partial charge on any atom is 0.306 e. The summed E-state index contributed by atoms with van der Waals surface area (Å²) in [6.45, 7) is 3.72. The van der Waals surface area contributed by atoms with Crippen LogP contribution >= 0.6 is 0 Å². The Labute approximate surface area is 189 Å². The second kappa shape index (κ2) is 10.8. The fourth-order valence-electron chi connectivity index (χ4n) is 4.28. The third kappa shape index (κ3) is 5.67. The van der Waals surface area contributed by atoms with Crippen molar-refractivity contribution >= 4 is 11.8 Å². The zero-order valence-corrected chi connectivity index (χ0v) is 18.5. The van der Waals surface area contributed by atoms with E-state index in [4.69, 9.17) is 9.47 Å². The molecule has 32 heavy (non-hydrogen) atoms. The van der Waals surface area contributed by atoms with Gasteiger partial charge >= 0.3 is 5.97 Å². The van der Waals surface area contributed by atoms with Crippen LogP contribution < -0.4 is 10.1 Å². The van der Waals surface area contributed by atoms with Crippen molar-refractivity contribution in [3.8, 4) is 5.75 Å². The fraction of sp³-hybridized carbons (Fsp3) is 0.333. The molecule has 1 aromatic heterocycles. The molecule has 0 unspecified atom stereocenters. The van der Waals surface area contributed by atoms with E-state index in [1.807, 2.05) is 31.2 Å². The summed E-state index contributed by atoms with van der Waals surface area (Å²) in [5.41, 5.74) is 5.07. The number of fused-ring (bicyclic) bond motifs is 2. The van der Waals surface area contributed by atoms with Gasteiger partial charge in [0.15, 0.2) is 0 Å². The van der Waals surface area contributed by atoms with Gasteiger partial charge in [-0.2, -0.15) is 0 Å². The minimum absolute atomic E-state index is 0.130. The maximum atomic E-state index is 12.2. The van der Waals surface area contributed by atoms with E-state index in [1.165, 1.54) is 22.3 Å². The first kappa shape index (κ1) is 21.9. The first-order chi connectivity index (χ1) is 15.7. The van der Waals surface area contributed by atoms with E-state index >= 15 is 0 Å². The number of carbonyl (C=O) groups is 1. The number of benzene rings is 2. The zero-order chi connectivity index (χ0) is 22.2. The van der Waals surface area contributed by atoms with Gasteiger partial charge in [0.2, 0.25) is 0 Å². The van der Waals surface area contributed by atoms with Crippen LogP contribution in [0.25, 0.3) is 0 Å². The number of rotatable bonds is 9. The molecule has 0 spiro atoms. The van der Waals surface area contributed by atoms with Crippen molar-refractivity contribution < 1.29 is 14.3 Å². The number of carbonyl (C=O) groups excluding carboxylic acids is 1. The van der Waals surface area contributed by atoms with Crippen molar-refractivity contribution in [2.75, 3.05) is 25.1 Å². The summed E-state index contributed by atoms with van der Waals surface area (Å²) >= 11 is 0. The molecule has 1 atom stereocenters. The lowest BCUT2D eigenvalue weighted by molar-refractivity contribution is -0.143. The molecule has 1 aliphatic rings. The molecule has 0 saturated carbocycles. The maximum absolute atomic E-state index is 12.2. The number of anilines is 1. The van der Waals surface area contributed by atoms with Gasteiger partial charge in [0, 0.05) is 12.7 Å². The molecule has 3 aromatic rings. The van der Waals surface area contributed by atoms with Gasteiger partial charge < -0.3 is 14.8 Å². The molecule has 0 amide bonds. The van der Waals surface area contributed by atoms with Crippen molar-refractivity contribution in [2.24, 2.45) is 0 Å². The molecular weight excluding hydrogens is 400 g/mol. The number of nitrogens with zero attached hydrogens (tertiary/aromatic N) is 1. The van der Waals surface area contributed by atoms with E-state index in [0.29, 0.717) is 19.6 Å². The van der Waals surface area contributed by atoms with Gasteiger partial charge in [-0.15, -0.1) is 0 Å². The van der Waals surface area contributed by atoms with E-state index in [2.05, 4.69) is 46.7 Å². The van der Waals surface area contributed by atoms with Crippen LogP contribution in [0.3, 0.4) is 0 Å². The second-order valence-electron chi connectivity index (χ2n) is 8.06. The molecule has 1 N–H and O–H groups in total. The smallest absolute Gasteiger partial charge is 0.306 e. The topological polar surface area (TPSA) is 60.5 Å². The average Bonchev–Trinajstić information content (AvgIpc) is 2.96. The average molecular weight is 431 g/mol. The first-order valence-electron chi connectivity index (χ1n) is 11.4. The molecular formula is C27H30N2O3. The molecule has 0 fully saturated rings. The summed E-state index contributed by atoms with van der Waals surface area (Å²) in [6, 6.07) is 20.6. The lowest BCUT2D eigenvalue weighted by atomic mass is 9.89. The molecule has 0 bridgehead atoms. The summed E-state index contributed by atoms with van der Waals surface area (Å²) in [4.78, 5) is 16.5. The van der Waals surface area contributed by atoms with Gasteiger partial charge in [-0.3, -0.25) is 4.79 Å². The number of esters is 1. The number of pyridine rings is 1. The Hall–Kier alpha value is -3.34. The molecule has 0 aliphatic heterocycles. The Morgan fingerprint density at radius 3 is 2.78 bits per heavy atom. The van der Waals surface area contributed by atoms with E-state index in [1.54, 1.807) is 6.20 Å². The van der Waals surface area contributed by atoms with Crippen molar-refractivity contribution in [1.82, 2.24) is 4.98 Å². The third-order valence-corrected chi connectivity index (χ3v) is 5.80. The Balaban J connectivity index is 1.40. The number of nitrogens with one attached hydrogen (secondary N) is 1. The molecule has 1 heterocycles. The largest absolute Gasteiger partial charge is 0.494 e. The molecule has 5 nitrogen and oxygen atoms in total. The highest BCUT2D eigenvalue weighted by Gasteiger charge is 2.24. The van der Waals surface area contributed by atoms with Crippen molar-refractivity contribution in [2.45, 2.75) is 38.5 Å². The minimum Gasteiger partial charge on any atom is -0.494 e. The molecule has 0 radical (unpaired) electrons. The Bertz CT molecular complexity index is 1040. The summed E-state index contributed by atoms with van der Waals surface area (Å²) in [5.74, 6) is 1.78. The van der Waals surface area contributed by atoms with Crippen LogP contribution in [0, 0.1) is 0 Å². The van der Waals surface area contributed by atoms with E-state index < -0.39 is 0 Å². The van der Waals surface area contributed by atoms with Crippen LogP contribution in [-0.4, -0.2) is 30.7 Å². The molecule has 166 valence electrons. The van der Waals surface area contributed by atoms with Gasteiger partial charge in [-0.25, -0.2) is 4.98 Å². The standard InChI is InChI=1S/C27H30N2O3/c1-2-31-27(30)19-23-16-20-11-12-24(18-22(20)17-21-8-3-4-9-25(21)23)32-15-7-14-29-26-10-5-6-13-28-26/h3-6,8-13,18,23H,2,7,14-17,19H2,1H3,(H,28,29)/t23-/m0/s1. The minimum atomic E-state index is -0.130.